The molecule has 0 unspecified atom stereocenters. The van der Waals surface area contributed by atoms with Crippen molar-refractivity contribution < 1.29 is 0 Å². The van der Waals surface area contributed by atoms with Crippen molar-refractivity contribution >= 4 is 49.8 Å². The Morgan fingerprint density at radius 3 is 2.41 bits per heavy atom. The predicted octanol–water partition coefficient (Wildman–Crippen LogP) is 6.51. The van der Waals surface area contributed by atoms with Crippen molar-refractivity contribution in [3.63, 3.8) is 0 Å². The second kappa shape index (κ2) is 8.07. The zero-order valence-electron chi connectivity index (χ0n) is 14.1. The summed E-state index contributed by atoms with van der Waals surface area (Å²) in [5, 5.41) is 14.3. The van der Waals surface area contributed by atoms with Crippen LogP contribution in [0.5, 0.6) is 0 Å². The SMILES string of the molecule is Clc1ccc(NN=C(N=Nc2nc3ccccc3s2)c2ccccc2)cc1. The average molecular weight is 392 g/mol. The van der Waals surface area contributed by atoms with E-state index in [0.29, 0.717) is 16.0 Å². The first kappa shape index (κ1) is 17.3. The number of thiazole rings is 1. The van der Waals surface area contributed by atoms with E-state index in [9.17, 15) is 0 Å². The number of halogens is 1. The highest BCUT2D eigenvalue weighted by atomic mass is 35.5. The van der Waals surface area contributed by atoms with Gasteiger partial charge >= 0.3 is 0 Å². The van der Waals surface area contributed by atoms with Crippen molar-refractivity contribution in [2.24, 2.45) is 15.3 Å². The Morgan fingerprint density at radius 2 is 1.63 bits per heavy atom. The van der Waals surface area contributed by atoms with Crippen molar-refractivity contribution in [3.8, 4) is 0 Å². The topological polar surface area (TPSA) is 62.0 Å². The molecule has 0 spiro atoms. The van der Waals surface area contributed by atoms with E-state index in [4.69, 9.17) is 11.6 Å². The number of azo groups is 1. The number of rotatable bonds is 4. The largest absolute Gasteiger partial charge is 0.276 e. The van der Waals surface area contributed by atoms with Gasteiger partial charge in [0, 0.05) is 10.6 Å². The van der Waals surface area contributed by atoms with Crippen molar-refractivity contribution in [2.45, 2.75) is 0 Å². The van der Waals surface area contributed by atoms with Gasteiger partial charge in [0.05, 0.1) is 15.9 Å². The Labute approximate surface area is 165 Å². The molecule has 0 aliphatic rings. The summed E-state index contributed by atoms with van der Waals surface area (Å²) in [5.41, 5.74) is 5.56. The third-order valence-electron chi connectivity index (χ3n) is 3.68. The highest BCUT2D eigenvalue weighted by Crippen LogP contribution is 2.28. The van der Waals surface area contributed by atoms with Gasteiger partial charge in [0.1, 0.15) is 0 Å². The summed E-state index contributed by atoms with van der Waals surface area (Å²) in [5.74, 6) is 0.463. The summed E-state index contributed by atoms with van der Waals surface area (Å²) in [6.07, 6.45) is 0. The van der Waals surface area contributed by atoms with Crippen LogP contribution in [0.3, 0.4) is 0 Å². The minimum Gasteiger partial charge on any atom is -0.276 e. The Kier molecular flexibility index (Phi) is 5.18. The minimum atomic E-state index is 0.463. The van der Waals surface area contributed by atoms with Gasteiger partial charge in [-0.2, -0.15) is 5.10 Å². The summed E-state index contributed by atoms with van der Waals surface area (Å²) in [6.45, 7) is 0. The van der Waals surface area contributed by atoms with Gasteiger partial charge < -0.3 is 0 Å². The van der Waals surface area contributed by atoms with Crippen LogP contribution in [0.25, 0.3) is 10.2 Å². The molecule has 0 radical (unpaired) electrons. The maximum atomic E-state index is 5.92. The van der Waals surface area contributed by atoms with Crippen molar-refractivity contribution in [1.29, 1.82) is 0 Å². The molecule has 0 fully saturated rings. The smallest absolute Gasteiger partial charge is 0.231 e. The van der Waals surface area contributed by atoms with Crippen molar-refractivity contribution in [1.82, 2.24) is 4.98 Å². The van der Waals surface area contributed by atoms with E-state index in [1.54, 1.807) is 12.1 Å². The molecule has 1 heterocycles. The lowest BCUT2D eigenvalue weighted by Crippen LogP contribution is -2.00. The molecule has 3 aromatic carbocycles. The van der Waals surface area contributed by atoms with E-state index in [-0.39, 0.29) is 0 Å². The Morgan fingerprint density at radius 1 is 0.889 bits per heavy atom. The van der Waals surface area contributed by atoms with Crippen LogP contribution in [0.1, 0.15) is 5.56 Å². The van der Waals surface area contributed by atoms with Gasteiger partial charge in [-0.15, -0.1) is 10.2 Å². The number of nitrogens with zero attached hydrogens (tertiary/aromatic N) is 4. The van der Waals surface area contributed by atoms with E-state index < -0.39 is 0 Å². The lowest BCUT2D eigenvalue weighted by molar-refractivity contribution is 1.21. The number of benzene rings is 3. The molecule has 0 aliphatic heterocycles. The number of aromatic nitrogens is 1. The molecule has 132 valence electrons. The number of para-hydroxylation sites is 1. The highest BCUT2D eigenvalue weighted by molar-refractivity contribution is 7.21. The number of nitrogens with one attached hydrogen (secondary N) is 1. The summed E-state index contributed by atoms with van der Waals surface area (Å²) >= 11 is 7.41. The first-order valence-electron chi connectivity index (χ1n) is 8.20. The van der Waals surface area contributed by atoms with Crippen LogP contribution in [-0.4, -0.2) is 10.8 Å². The standard InChI is InChI=1S/C20H14ClN5S/c21-15-10-12-16(13-11-15)23-24-19(14-6-2-1-3-7-14)25-26-20-22-17-8-4-5-9-18(17)27-20/h1-13,23H. The molecule has 0 saturated heterocycles. The Balaban J connectivity index is 1.63. The second-order valence-corrected chi connectivity index (χ2v) is 7.03. The van der Waals surface area contributed by atoms with Gasteiger partial charge in [-0.3, -0.25) is 5.43 Å². The average Bonchev–Trinajstić information content (AvgIpc) is 3.13. The van der Waals surface area contributed by atoms with E-state index in [1.165, 1.54) is 11.3 Å². The molecule has 4 rings (SSSR count). The maximum Gasteiger partial charge on any atom is 0.231 e. The fourth-order valence-corrected chi connectivity index (χ4v) is 3.28. The second-order valence-electron chi connectivity index (χ2n) is 5.58. The van der Waals surface area contributed by atoms with Crippen molar-refractivity contribution in [3.05, 3.63) is 89.4 Å². The number of amidine groups is 1. The molecule has 0 atom stereocenters. The molecular formula is C20H14ClN5S. The molecule has 1 aromatic heterocycles. The zero-order chi connectivity index (χ0) is 18.5. The Bertz CT molecular complexity index is 1070. The predicted molar refractivity (Wildman–Crippen MR) is 112 cm³/mol. The van der Waals surface area contributed by atoms with Gasteiger partial charge in [0.2, 0.25) is 11.0 Å². The summed E-state index contributed by atoms with van der Waals surface area (Å²) in [7, 11) is 0. The zero-order valence-corrected chi connectivity index (χ0v) is 15.7. The summed E-state index contributed by atoms with van der Waals surface area (Å²) in [6, 6.07) is 24.9. The molecule has 7 heteroatoms. The Hall–Kier alpha value is -3.09. The van der Waals surface area contributed by atoms with Crippen molar-refractivity contribution in [2.75, 3.05) is 5.43 Å². The maximum absolute atomic E-state index is 5.92. The number of hydrazone groups is 1. The number of anilines is 1. The monoisotopic (exact) mass is 391 g/mol. The lowest BCUT2D eigenvalue weighted by atomic mass is 10.2. The normalized spacial score (nSPS) is 12.0. The minimum absolute atomic E-state index is 0.463. The molecule has 27 heavy (non-hydrogen) atoms. The summed E-state index contributed by atoms with van der Waals surface area (Å²) < 4.78 is 1.07. The fraction of sp³-hybridized carbons (Fsp3) is 0. The molecule has 0 bridgehead atoms. The lowest BCUT2D eigenvalue weighted by Gasteiger charge is -2.03. The molecule has 0 saturated carbocycles. The van der Waals surface area contributed by atoms with E-state index >= 15 is 0 Å². The summed E-state index contributed by atoms with van der Waals surface area (Å²) in [4.78, 5) is 4.47. The van der Waals surface area contributed by atoms with Crippen LogP contribution in [-0.2, 0) is 0 Å². The van der Waals surface area contributed by atoms with Gasteiger partial charge in [-0.1, -0.05) is 65.4 Å². The molecule has 0 aliphatic carbocycles. The molecular weight excluding hydrogens is 378 g/mol. The number of fused-ring (bicyclic) bond motifs is 1. The van der Waals surface area contributed by atoms with Gasteiger partial charge in [0.15, 0.2) is 0 Å². The van der Waals surface area contributed by atoms with Crippen LogP contribution < -0.4 is 5.43 Å². The number of hydrogen-bond donors (Lipinski definition) is 1. The molecule has 1 N–H and O–H groups in total. The first-order chi connectivity index (χ1) is 13.3. The van der Waals surface area contributed by atoms with Crippen LogP contribution in [0.4, 0.5) is 10.8 Å². The van der Waals surface area contributed by atoms with E-state index in [1.807, 2.05) is 66.7 Å². The molecule has 0 amide bonds. The number of hydrogen-bond acceptors (Lipinski definition) is 5. The third-order valence-corrected chi connectivity index (χ3v) is 4.85. The van der Waals surface area contributed by atoms with Crippen LogP contribution in [0.15, 0.2) is 94.2 Å². The molecule has 5 nitrogen and oxygen atoms in total. The molecule has 4 aromatic rings. The van der Waals surface area contributed by atoms with Crippen LogP contribution in [0, 0.1) is 0 Å². The fourth-order valence-electron chi connectivity index (χ4n) is 2.37. The highest BCUT2D eigenvalue weighted by Gasteiger charge is 2.05. The first-order valence-corrected chi connectivity index (χ1v) is 9.39. The third kappa shape index (κ3) is 4.36. The van der Waals surface area contributed by atoms with Gasteiger partial charge in [0.25, 0.3) is 0 Å². The van der Waals surface area contributed by atoms with Gasteiger partial charge in [-0.05, 0) is 36.4 Å². The quantitative estimate of drug-likeness (QED) is 0.186. The van der Waals surface area contributed by atoms with E-state index in [2.05, 4.69) is 25.7 Å². The van der Waals surface area contributed by atoms with Crippen LogP contribution in [0.2, 0.25) is 5.02 Å². The van der Waals surface area contributed by atoms with Gasteiger partial charge in [-0.25, -0.2) is 4.98 Å². The van der Waals surface area contributed by atoms with Crippen LogP contribution >= 0.6 is 22.9 Å². The van der Waals surface area contributed by atoms with E-state index in [0.717, 1.165) is 21.5 Å².